The molecule has 2 rings (SSSR count). The van der Waals surface area contributed by atoms with Crippen molar-refractivity contribution in [2.75, 3.05) is 0 Å². The molecule has 1 heterocycles. The van der Waals surface area contributed by atoms with Crippen LogP contribution in [0.2, 0.25) is 0 Å². The van der Waals surface area contributed by atoms with Crippen molar-refractivity contribution >= 4 is 12.4 Å². The first-order valence-corrected chi connectivity index (χ1v) is 6.61. The molecule has 0 aliphatic carbocycles. The van der Waals surface area contributed by atoms with Gasteiger partial charge in [0.1, 0.15) is 6.29 Å². The predicted molar refractivity (Wildman–Crippen MR) is 74.6 cm³/mol. The van der Waals surface area contributed by atoms with Crippen molar-refractivity contribution in [1.82, 2.24) is 0 Å². The monoisotopic (exact) mass is 260 g/mol. The molecule has 1 aromatic carbocycles. The van der Waals surface area contributed by atoms with E-state index >= 15 is 0 Å². The van der Waals surface area contributed by atoms with Gasteiger partial charge in [-0.2, -0.15) is 0 Å². The van der Waals surface area contributed by atoms with E-state index in [0.717, 1.165) is 11.8 Å². The fourth-order valence-corrected chi connectivity index (χ4v) is 2.30. The Morgan fingerprint density at radius 2 is 2.00 bits per heavy atom. The van der Waals surface area contributed by atoms with E-state index in [9.17, 15) is 4.79 Å². The van der Waals surface area contributed by atoms with Crippen LogP contribution in [0.5, 0.6) is 0 Å². The van der Waals surface area contributed by atoms with Crippen molar-refractivity contribution in [3.05, 3.63) is 42.0 Å². The van der Waals surface area contributed by atoms with Gasteiger partial charge in [-0.05, 0) is 19.4 Å². The van der Waals surface area contributed by atoms with Gasteiger partial charge < -0.3 is 14.3 Å². The number of hydrogen-bond donors (Lipinski definition) is 0. The van der Waals surface area contributed by atoms with Gasteiger partial charge in [-0.1, -0.05) is 42.5 Å². The summed E-state index contributed by atoms with van der Waals surface area (Å²) < 4.78 is 11.6. The van der Waals surface area contributed by atoms with E-state index < -0.39 is 5.79 Å². The summed E-state index contributed by atoms with van der Waals surface area (Å²) in [6, 6.07) is 10.1. The SMILES string of the molecule is CC1(C)O[C@@H](CC=O)C[C@H](/C=C/c2ccccc2)O1. The smallest absolute Gasteiger partial charge is 0.163 e. The second-order valence-corrected chi connectivity index (χ2v) is 5.20. The Bertz CT molecular complexity index is 437. The first-order chi connectivity index (χ1) is 9.09. The van der Waals surface area contributed by atoms with Crippen LogP contribution in [0.25, 0.3) is 6.08 Å². The Hall–Kier alpha value is -1.45. The minimum Gasteiger partial charge on any atom is -0.347 e. The highest BCUT2D eigenvalue weighted by Crippen LogP contribution is 2.28. The Labute approximate surface area is 114 Å². The van der Waals surface area contributed by atoms with E-state index in [0.29, 0.717) is 12.8 Å². The van der Waals surface area contributed by atoms with E-state index in [2.05, 4.69) is 0 Å². The minimum absolute atomic E-state index is 0.0195. The Balaban J connectivity index is 2.03. The highest BCUT2D eigenvalue weighted by molar-refractivity contribution is 5.51. The van der Waals surface area contributed by atoms with E-state index in [1.807, 2.05) is 56.3 Å². The van der Waals surface area contributed by atoms with Crippen molar-refractivity contribution in [3.8, 4) is 0 Å². The topological polar surface area (TPSA) is 35.5 Å². The molecule has 102 valence electrons. The van der Waals surface area contributed by atoms with Gasteiger partial charge in [0.2, 0.25) is 0 Å². The molecule has 1 saturated heterocycles. The molecule has 0 N–H and O–H groups in total. The summed E-state index contributed by atoms with van der Waals surface area (Å²) in [5.74, 6) is -0.641. The summed E-state index contributed by atoms with van der Waals surface area (Å²) in [6.07, 6.45) is 6.04. The first kappa shape index (κ1) is 14.0. The van der Waals surface area contributed by atoms with E-state index in [1.165, 1.54) is 0 Å². The third kappa shape index (κ3) is 4.30. The zero-order valence-corrected chi connectivity index (χ0v) is 11.4. The van der Waals surface area contributed by atoms with Crippen LogP contribution in [-0.4, -0.2) is 24.3 Å². The van der Waals surface area contributed by atoms with Gasteiger partial charge in [-0.15, -0.1) is 0 Å². The Kier molecular flexibility index (Phi) is 4.51. The van der Waals surface area contributed by atoms with Gasteiger partial charge in [0.05, 0.1) is 12.2 Å². The van der Waals surface area contributed by atoms with Crippen LogP contribution in [0, 0.1) is 0 Å². The largest absolute Gasteiger partial charge is 0.347 e. The zero-order valence-electron chi connectivity index (χ0n) is 11.4. The molecular formula is C16H20O3. The zero-order chi connectivity index (χ0) is 13.7. The van der Waals surface area contributed by atoms with Gasteiger partial charge in [-0.3, -0.25) is 0 Å². The molecule has 0 bridgehead atoms. The van der Waals surface area contributed by atoms with E-state index in [1.54, 1.807) is 0 Å². The maximum absolute atomic E-state index is 10.6. The van der Waals surface area contributed by atoms with Crippen LogP contribution >= 0.6 is 0 Å². The average Bonchev–Trinajstić information content (AvgIpc) is 2.36. The second kappa shape index (κ2) is 6.13. The number of aldehydes is 1. The Morgan fingerprint density at radius 1 is 1.26 bits per heavy atom. The van der Waals surface area contributed by atoms with Crippen molar-refractivity contribution in [2.45, 2.75) is 44.7 Å². The molecule has 0 amide bonds. The second-order valence-electron chi connectivity index (χ2n) is 5.20. The van der Waals surface area contributed by atoms with Crippen molar-refractivity contribution < 1.29 is 14.3 Å². The van der Waals surface area contributed by atoms with E-state index in [-0.39, 0.29) is 12.2 Å². The molecule has 3 nitrogen and oxygen atoms in total. The minimum atomic E-state index is -0.641. The standard InChI is InChI=1S/C16H20O3/c1-16(2)18-14(12-15(19-16)10-11-17)9-8-13-6-4-3-5-7-13/h3-9,11,14-15H,10,12H2,1-2H3/b9-8+/t14-,15-/m0/s1. The summed E-state index contributed by atoms with van der Waals surface area (Å²) in [5, 5.41) is 0. The lowest BCUT2D eigenvalue weighted by molar-refractivity contribution is -0.289. The van der Waals surface area contributed by atoms with Gasteiger partial charge in [0, 0.05) is 12.8 Å². The maximum atomic E-state index is 10.6. The molecule has 1 aliphatic rings. The maximum Gasteiger partial charge on any atom is 0.163 e. The number of ether oxygens (including phenoxy) is 2. The molecule has 0 unspecified atom stereocenters. The summed E-state index contributed by atoms with van der Waals surface area (Å²) >= 11 is 0. The lowest BCUT2D eigenvalue weighted by Gasteiger charge is -2.39. The predicted octanol–water partition coefficient (Wildman–Crippen LogP) is 3.20. The van der Waals surface area contributed by atoms with E-state index in [4.69, 9.17) is 9.47 Å². The van der Waals surface area contributed by atoms with Gasteiger partial charge in [-0.25, -0.2) is 0 Å². The van der Waals surface area contributed by atoms with Crippen LogP contribution in [0.4, 0.5) is 0 Å². The molecule has 0 saturated carbocycles. The van der Waals surface area contributed by atoms with Crippen LogP contribution in [0.3, 0.4) is 0 Å². The molecule has 1 fully saturated rings. The molecule has 3 heteroatoms. The van der Waals surface area contributed by atoms with Crippen molar-refractivity contribution in [3.63, 3.8) is 0 Å². The molecule has 0 spiro atoms. The number of rotatable bonds is 4. The normalized spacial score (nSPS) is 26.4. The van der Waals surface area contributed by atoms with Crippen LogP contribution in [0.15, 0.2) is 36.4 Å². The third-order valence-corrected chi connectivity index (χ3v) is 3.04. The molecule has 0 aromatic heterocycles. The summed E-state index contributed by atoms with van der Waals surface area (Å²) in [5.41, 5.74) is 1.14. The molecule has 19 heavy (non-hydrogen) atoms. The molecular weight excluding hydrogens is 240 g/mol. The highest BCUT2D eigenvalue weighted by Gasteiger charge is 2.33. The number of benzene rings is 1. The highest BCUT2D eigenvalue weighted by atomic mass is 16.7. The average molecular weight is 260 g/mol. The third-order valence-electron chi connectivity index (χ3n) is 3.04. The number of carbonyl (C=O) groups is 1. The molecule has 1 aromatic rings. The summed E-state index contributed by atoms with van der Waals surface area (Å²) in [4.78, 5) is 10.6. The quantitative estimate of drug-likeness (QED) is 0.780. The summed E-state index contributed by atoms with van der Waals surface area (Å²) in [6.45, 7) is 3.76. The first-order valence-electron chi connectivity index (χ1n) is 6.61. The summed E-state index contributed by atoms with van der Waals surface area (Å²) in [7, 11) is 0. The fourth-order valence-electron chi connectivity index (χ4n) is 2.30. The van der Waals surface area contributed by atoms with Gasteiger partial charge in [0.15, 0.2) is 5.79 Å². The van der Waals surface area contributed by atoms with Crippen LogP contribution < -0.4 is 0 Å². The number of carbonyl (C=O) groups excluding carboxylic acids is 1. The Morgan fingerprint density at radius 3 is 2.68 bits per heavy atom. The van der Waals surface area contributed by atoms with Crippen LogP contribution in [-0.2, 0) is 14.3 Å². The molecule has 2 atom stereocenters. The van der Waals surface area contributed by atoms with Gasteiger partial charge >= 0.3 is 0 Å². The lowest BCUT2D eigenvalue weighted by Crippen LogP contribution is -2.44. The number of hydrogen-bond acceptors (Lipinski definition) is 3. The molecule has 1 aliphatic heterocycles. The molecule has 0 radical (unpaired) electrons. The fraction of sp³-hybridized carbons (Fsp3) is 0.438. The lowest BCUT2D eigenvalue weighted by atomic mass is 10.0. The van der Waals surface area contributed by atoms with Crippen molar-refractivity contribution in [2.24, 2.45) is 0 Å². The van der Waals surface area contributed by atoms with Crippen LogP contribution in [0.1, 0.15) is 32.3 Å². The van der Waals surface area contributed by atoms with Gasteiger partial charge in [0.25, 0.3) is 0 Å². The van der Waals surface area contributed by atoms with Crippen molar-refractivity contribution in [1.29, 1.82) is 0 Å².